The van der Waals surface area contributed by atoms with Gasteiger partial charge in [0.1, 0.15) is 17.9 Å². The second-order valence-corrected chi connectivity index (χ2v) is 8.71. The van der Waals surface area contributed by atoms with E-state index in [1.807, 2.05) is 12.1 Å². The maximum absolute atomic E-state index is 11.7. The van der Waals surface area contributed by atoms with Crippen molar-refractivity contribution in [3.8, 4) is 17.6 Å². The molecule has 8 nitrogen and oxygen atoms in total. The van der Waals surface area contributed by atoms with Crippen molar-refractivity contribution in [2.75, 3.05) is 11.9 Å². The molecule has 5 rings (SSSR count). The molecule has 1 aliphatic rings. The van der Waals surface area contributed by atoms with Crippen molar-refractivity contribution in [3.63, 3.8) is 0 Å². The number of hydrogen-bond acceptors (Lipinski definition) is 7. The Labute approximate surface area is 224 Å². The summed E-state index contributed by atoms with van der Waals surface area (Å²) < 4.78 is 11.6. The minimum atomic E-state index is -0.516. The lowest BCUT2D eigenvalue weighted by Crippen LogP contribution is -2.04. The van der Waals surface area contributed by atoms with E-state index in [4.69, 9.17) is 21.1 Å². The number of hydrogen-bond donors (Lipinski definition) is 1. The fraction of sp³-hybridized carbons (Fsp3) is 0.185. The second kappa shape index (κ2) is 10.9. The lowest BCUT2D eigenvalue weighted by atomic mass is 10.1. The number of anilines is 2. The van der Waals surface area contributed by atoms with Crippen molar-refractivity contribution in [1.82, 2.24) is 4.98 Å². The molecular weight excluding hydrogens is 515 g/mol. The van der Waals surface area contributed by atoms with Gasteiger partial charge in [-0.05, 0) is 49.1 Å². The van der Waals surface area contributed by atoms with Crippen molar-refractivity contribution < 1.29 is 14.4 Å². The third-order valence-electron chi connectivity index (χ3n) is 6.11. The molecule has 10 heteroatoms. The van der Waals surface area contributed by atoms with Crippen LogP contribution in [-0.4, -0.2) is 16.5 Å². The molecule has 4 aromatic rings. The summed E-state index contributed by atoms with van der Waals surface area (Å²) in [5.74, 6) is 0.678. The fourth-order valence-corrected chi connectivity index (χ4v) is 4.68. The Kier molecular flexibility index (Phi) is 7.67. The lowest BCUT2D eigenvalue weighted by molar-refractivity contribution is -0.385. The standard InChI is InChI=1S/C27H21ClN4O4.ClH/c1-2-35-26-13-22-20(12-23(26)32(33)34)27(17(14-29)15-30-22)31-18-8-10-25(21(28)11-18)36-24-9-7-16-5-3-4-6-19(16)24;/h3-6,8,10-13,15,24H,2,7,9H2,1H3,(H,30,31);1H/t24-;/m1./s1. The largest absolute Gasteiger partial charge is 0.487 e. The summed E-state index contributed by atoms with van der Waals surface area (Å²) in [6.07, 6.45) is 3.20. The first-order chi connectivity index (χ1) is 17.5. The Morgan fingerprint density at radius 1 is 1.22 bits per heavy atom. The Balaban J connectivity index is 0.00000320. The normalized spacial score (nSPS) is 13.8. The van der Waals surface area contributed by atoms with Crippen LogP contribution >= 0.6 is 24.0 Å². The average molecular weight is 537 g/mol. The quantitative estimate of drug-likeness (QED) is 0.195. The van der Waals surface area contributed by atoms with E-state index in [2.05, 4.69) is 28.5 Å². The van der Waals surface area contributed by atoms with Crippen LogP contribution in [0.1, 0.15) is 36.1 Å². The minimum absolute atomic E-state index is 0. The first kappa shape index (κ1) is 26.0. The van der Waals surface area contributed by atoms with E-state index in [0.717, 1.165) is 12.8 Å². The van der Waals surface area contributed by atoms with Gasteiger partial charge in [0, 0.05) is 29.4 Å². The van der Waals surface area contributed by atoms with Crippen LogP contribution in [0.5, 0.6) is 11.5 Å². The summed E-state index contributed by atoms with van der Waals surface area (Å²) in [5, 5.41) is 25.4. The van der Waals surface area contributed by atoms with Crippen LogP contribution in [0, 0.1) is 21.4 Å². The second-order valence-electron chi connectivity index (χ2n) is 8.30. The molecule has 1 heterocycles. The summed E-state index contributed by atoms with van der Waals surface area (Å²) in [6, 6.07) is 18.5. The summed E-state index contributed by atoms with van der Waals surface area (Å²) in [7, 11) is 0. The highest BCUT2D eigenvalue weighted by molar-refractivity contribution is 6.32. The van der Waals surface area contributed by atoms with E-state index in [1.165, 1.54) is 29.5 Å². The molecule has 0 amide bonds. The van der Waals surface area contributed by atoms with Gasteiger partial charge in [0.15, 0.2) is 5.75 Å². The molecular formula is C27H22Cl2N4O4. The lowest BCUT2D eigenvalue weighted by Gasteiger charge is -2.17. The van der Waals surface area contributed by atoms with Gasteiger partial charge in [0.05, 0.1) is 33.3 Å². The Morgan fingerprint density at radius 3 is 2.76 bits per heavy atom. The van der Waals surface area contributed by atoms with Gasteiger partial charge >= 0.3 is 5.69 Å². The van der Waals surface area contributed by atoms with E-state index in [0.29, 0.717) is 33.0 Å². The molecule has 0 unspecified atom stereocenters. The van der Waals surface area contributed by atoms with Gasteiger partial charge in [-0.15, -0.1) is 12.4 Å². The Morgan fingerprint density at radius 2 is 2.03 bits per heavy atom. The number of aryl methyl sites for hydroxylation is 1. The van der Waals surface area contributed by atoms with Crippen LogP contribution < -0.4 is 14.8 Å². The molecule has 1 atom stereocenters. The molecule has 188 valence electrons. The number of nitrogens with one attached hydrogen (secondary N) is 1. The van der Waals surface area contributed by atoms with Crippen LogP contribution in [0.3, 0.4) is 0 Å². The summed E-state index contributed by atoms with van der Waals surface area (Å²) in [4.78, 5) is 15.4. The number of nitro benzene ring substituents is 1. The molecule has 0 radical (unpaired) electrons. The SMILES string of the molecule is CCOc1cc2ncc(C#N)c(Nc3ccc(O[C@@H]4CCc5ccccc54)c(Cl)c3)c2cc1[N+](=O)[O-].Cl. The maximum Gasteiger partial charge on any atom is 0.311 e. The van der Waals surface area contributed by atoms with Crippen molar-refractivity contribution in [2.45, 2.75) is 25.9 Å². The predicted octanol–water partition coefficient (Wildman–Crippen LogP) is 7.30. The molecule has 1 aliphatic carbocycles. The van der Waals surface area contributed by atoms with Crippen molar-refractivity contribution in [2.24, 2.45) is 0 Å². The van der Waals surface area contributed by atoms with E-state index < -0.39 is 4.92 Å². The summed E-state index contributed by atoms with van der Waals surface area (Å²) in [5.41, 5.74) is 3.93. The first-order valence-electron chi connectivity index (χ1n) is 11.4. The zero-order valence-electron chi connectivity index (χ0n) is 19.7. The summed E-state index contributed by atoms with van der Waals surface area (Å²) in [6.45, 7) is 2.02. The number of aromatic nitrogens is 1. The van der Waals surface area contributed by atoms with Gasteiger partial charge in [-0.2, -0.15) is 5.26 Å². The third-order valence-corrected chi connectivity index (χ3v) is 6.41. The highest BCUT2D eigenvalue weighted by Crippen LogP contribution is 2.40. The van der Waals surface area contributed by atoms with Crippen LogP contribution in [0.25, 0.3) is 10.9 Å². The number of halogens is 2. The highest BCUT2D eigenvalue weighted by Gasteiger charge is 2.24. The van der Waals surface area contributed by atoms with Crippen molar-refractivity contribution >= 4 is 52.0 Å². The van der Waals surface area contributed by atoms with E-state index in [9.17, 15) is 15.4 Å². The smallest absolute Gasteiger partial charge is 0.311 e. The number of benzene rings is 3. The van der Waals surface area contributed by atoms with Gasteiger partial charge in [0.2, 0.25) is 0 Å². The van der Waals surface area contributed by atoms with Crippen LogP contribution in [-0.2, 0) is 6.42 Å². The molecule has 1 N–H and O–H groups in total. The van der Waals surface area contributed by atoms with Crippen LogP contribution in [0.15, 0.2) is 60.8 Å². The molecule has 0 saturated heterocycles. The number of ether oxygens (including phenoxy) is 2. The minimum Gasteiger partial charge on any atom is -0.487 e. The number of rotatable bonds is 7. The maximum atomic E-state index is 11.7. The Bertz CT molecular complexity index is 1540. The molecule has 0 spiro atoms. The number of fused-ring (bicyclic) bond motifs is 2. The monoisotopic (exact) mass is 536 g/mol. The molecule has 0 aliphatic heterocycles. The van der Waals surface area contributed by atoms with Gasteiger partial charge in [-0.1, -0.05) is 35.9 Å². The molecule has 0 saturated carbocycles. The number of nitro groups is 1. The van der Waals surface area contributed by atoms with Crippen LogP contribution in [0.4, 0.5) is 17.1 Å². The molecule has 1 aromatic heterocycles. The van der Waals surface area contributed by atoms with Crippen molar-refractivity contribution in [3.05, 3.63) is 92.6 Å². The van der Waals surface area contributed by atoms with E-state index in [1.54, 1.807) is 25.1 Å². The van der Waals surface area contributed by atoms with Gasteiger partial charge in [0.25, 0.3) is 0 Å². The molecule has 37 heavy (non-hydrogen) atoms. The van der Waals surface area contributed by atoms with Gasteiger partial charge < -0.3 is 14.8 Å². The molecule has 0 bridgehead atoms. The van der Waals surface area contributed by atoms with E-state index in [-0.39, 0.29) is 42.1 Å². The predicted molar refractivity (Wildman–Crippen MR) is 144 cm³/mol. The topological polar surface area (TPSA) is 110 Å². The average Bonchev–Trinajstić information content (AvgIpc) is 3.28. The third kappa shape index (κ3) is 5.10. The Hall–Kier alpha value is -4.06. The zero-order chi connectivity index (χ0) is 25.2. The molecule has 0 fully saturated rings. The van der Waals surface area contributed by atoms with Crippen LogP contribution in [0.2, 0.25) is 5.02 Å². The number of nitriles is 1. The van der Waals surface area contributed by atoms with Gasteiger partial charge in [-0.25, -0.2) is 0 Å². The molecule has 3 aromatic carbocycles. The highest BCUT2D eigenvalue weighted by atomic mass is 35.5. The zero-order valence-corrected chi connectivity index (χ0v) is 21.3. The fourth-order valence-electron chi connectivity index (χ4n) is 4.45. The van der Waals surface area contributed by atoms with Crippen molar-refractivity contribution in [1.29, 1.82) is 5.26 Å². The summed E-state index contributed by atoms with van der Waals surface area (Å²) >= 11 is 6.57. The number of nitrogens with zero attached hydrogens (tertiary/aromatic N) is 3. The van der Waals surface area contributed by atoms with E-state index >= 15 is 0 Å². The number of pyridine rings is 1. The first-order valence-corrected chi connectivity index (χ1v) is 11.8. The van der Waals surface area contributed by atoms with Gasteiger partial charge in [-0.3, -0.25) is 15.1 Å².